The van der Waals surface area contributed by atoms with Gasteiger partial charge in [0.05, 0.1) is 5.41 Å². The van der Waals surface area contributed by atoms with Crippen LogP contribution in [0.4, 0.5) is 18.9 Å². The molecule has 1 rings (SSSR count). The van der Waals surface area contributed by atoms with Crippen molar-refractivity contribution in [1.82, 2.24) is 0 Å². The summed E-state index contributed by atoms with van der Waals surface area (Å²) < 4.78 is 39.5. The summed E-state index contributed by atoms with van der Waals surface area (Å²) in [6, 6.07) is 5.09. The van der Waals surface area contributed by atoms with Crippen LogP contribution in [0.15, 0.2) is 24.3 Å². The number of rotatable bonds is 5. The molecule has 0 unspecified atom stereocenters. The van der Waals surface area contributed by atoms with E-state index >= 15 is 0 Å². The van der Waals surface area contributed by atoms with Crippen LogP contribution in [-0.2, 0) is 4.79 Å². The summed E-state index contributed by atoms with van der Waals surface area (Å²) in [6.07, 6.45) is -4.72. The minimum Gasteiger partial charge on any atom is -0.481 e. The quantitative estimate of drug-likeness (QED) is 0.868. The third kappa shape index (κ3) is 5.07. The lowest BCUT2D eigenvalue weighted by atomic mass is 9.94. The molecule has 0 aliphatic carbocycles. The first-order valence-electron chi connectivity index (χ1n) is 5.43. The molecule has 0 heterocycles. The van der Waals surface area contributed by atoms with Crippen LogP contribution in [0.25, 0.3) is 0 Å². The minimum absolute atomic E-state index is 0.155. The van der Waals surface area contributed by atoms with Crippen molar-refractivity contribution in [3.63, 3.8) is 0 Å². The summed E-state index contributed by atoms with van der Waals surface area (Å²) in [5.74, 6) is -1.28. The van der Waals surface area contributed by atoms with E-state index in [1.807, 2.05) is 0 Å². The number of aliphatic carboxylic acids is 1. The average molecular weight is 277 g/mol. The second-order valence-corrected chi connectivity index (χ2v) is 4.61. The van der Waals surface area contributed by atoms with Crippen molar-refractivity contribution in [2.24, 2.45) is 5.41 Å². The molecule has 0 spiro atoms. The lowest BCUT2D eigenvalue weighted by Crippen LogP contribution is -2.31. The fourth-order valence-electron chi connectivity index (χ4n) is 1.17. The zero-order valence-electron chi connectivity index (χ0n) is 10.4. The first-order valence-corrected chi connectivity index (χ1v) is 5.43. The van der Waals surface area contributed by atoms with E-state index in [0.717, 1.165) is 12.1 Å². The first-order chi connectivity index (χ1) is 8.60. The van der Waals surface area contributed by atoms with Crippen LogP contribution in [-0.4, -0.2) is 24.0 Å². The van der Waals surface area contributed by atoms with Gasteiger partial charge in [0.2, 0.25) is 0 Å². The molecular weight excluding hydrogens is 263 g/mol. The van der Waals surface area contributed by atoms with E-state index in [2.05, 4.69) is 10.1 Å². The highest BCUT2D eigenvalue weighted by Crippen LogP contribution is 2.24. The molecule has 0 aromatic heterocycles. The van der Waals surface area contributed by atoms with Gasteiger partial charge in [0.1, 0.15) is 5.75 Å². The Labute approximate surface area is 108 Å². The summed E-state index contributed by atoms with van der Waals surface area (Å²) in [6.45, 7) is 3.24. The molecule has 0 fully saturated rings. The van der Waals surface area contributed by atoms with Crippen molar-refractivity contribution in [3.05, 3.63) is 24.3 Å². The van der Waals surface area contributed by atoms with Gasteiger partial charge in [-0.05, 0) is 38.1 Å². The van der Waals surface area contributed by atoms with Crippen LogP contribution in [0.2, 0.25) is 0 Å². The third-order valence-electron chi connectivity index (χ3n) is 2.40. The zero-order valence-corrected chi connectivity index (χ0v) is 10.4. The Morgan fingerprint density at radius 1 is 1.26 bits per heavy atom. The molecule has 4 nitrogen and oxygen atoms in total. The van der Waals surface area contributed by atoms with Crippen molar-refractivity contribution >= 4 is 11.7 Å². The molecule has 0 aliphatic heterocycles. The Morgan fingerprint density at radius 3 is 2.21 bits per heavy atom. The maximum atomic E-state index is 11.9. The van der Waals surface area contributed by atoms with Crippen molar-refractivity contribution < 1.29 is 27.8 Å². The number of carboxylic acid groups (broad SMARTS) is 1. The van der Waals surface area contributed by atoms with Crippen LogP contribution < -0.4 is 10.1 Å². The molecule has 0 saturated carbocycles. The fourth-order valence-corrected chi connectivity index (χ4v) is 1.17. The Kier molecular flexibility index (Phi) is 4.28. The molecule has 1 aromatic carbocycles. The van der Waals surface area contributed by atoms with Gasteiger partial charge >= 0.3 is 12.3 Å². The summed E-state index contributed by atoms with van der Waals surface area (Å²) in [5.41, 5.74) is -0.454. The molecule has 0 aliphatic rings. The largest absolute Gasteiger partial charge is 0.573 e. The fraction of sp³-hybridized carbons (Fsp3) is 0.417. The van der Waals surface area contributed by atoms with E-state index in [1.54, 1.807) is 13.8 Å². The van der Waals surface area contributed by atoms with Crippen molar-refractivity contribution in [2.45, 2.75) is 20.2 Å². The molecule has 0 bridgehead atoms. The normalized spacial score (nSPS) is 12.1. The highest BCUT2D eigenvalue weighted by molar-refractivity contribution is 5.74. The number of benzene rings is 1. The lowest BCUT2D eigenvalue weighted by molar-refractivity contribution is -0.274. The first kappa shape index (κ1) is 15.1. The molecule has 19 heavy (non-hydrogen) atoms. The Hall–Kier alpha value is -1.92. The number of hydrogen-bond donors (Lipinski definition) is 2. The topological polar surface area (TPSA) is 58.6 Å². The van der Waals surface area contributed by atoms with Crippen LogP contribution in [0.3, 0.4) is 0 Å². The number of nitrogens with one attached hydrogen (secondary N) is 1. The van der Waals surface area contributed by atoms with Gasteiger partial charge in [-0.2, -0.15) is 0 Å². The molecule has 106 valence electrons. The van der Waals surface area contributed by atoms with Gasteiger partial charge in [-0.1, -0.05) is 0 Å². The summed E-state index contributed by atoms with van der Waals surface area (Å²) >= 11 is 0. The SMILES string of the molecule is CC(C)(CNc1ccc(OC(F)(F)F)cc1)C(=O)O. The van der Waals surface area contributed by atoms with Crippen LogP contribution in [0, 0.1) is 5.41 Å². The third-order valence-corrected chi connectivity index (χ3v) is 2.40. The highest BCUT2D eigenvalue weighted by Gasteiger charge is 2.31. The van der Waals surface area contributed by atoms with Gasteiger partial charge < -0.3 is 15.2 Å². The molecule has 0 atom stereocenters. The zero-order chi connectivity index (χ0) is 14.7. The molecule has 0 radical (unpaired) electrons. The van der Waals surface area contributed by atoms with Crippen LogP contribution in [0.1, 0.15) is 13.8 Å². The number of anilines is 1. The Bertz CT molecular complexity index is 441. The predicted molar refractivity (Wildman–Crippen MR) is 63.0 cm³/mol. The Morgan fingerprint density at radius 2 is 1.79 bits per heavy atom. The molecular formula is C12H14F3NO3. The van der Waals surface area contributed by atoms with E-state index in [0.29, 0.717) is 5.69 Å². The number of alkyl halides is 3. The standard InChI is InChI=1S/C12H14F3NO3/c1-11(2,10(17)18)7-16-8-3-5-9(6-4-8)19-12(13,14)15/h3-6,16H,7H2,1-2H3,(H,17,18). The van der Waals surface area contributed by atoms with E-state index in [1.165, 1.54) is 12.1 Å². The number of carboxylic acids is 1. The average Bonchev–Trinajstić information content (AvgIpc) is 2.26. The Balaban J connectivity index is 2.61. The second kappa shape index (κ2) is 5.38. The highest BCUT2D eigenvalue weighted by atomic mass is 19.4. The van der Waals surface area contributed by atoms with Crippen molar-refractivity contribution in [1.29, 1.82) is 0 Å². The van der Waals surface area contributed by atoms with Gasteiger partial charge in [0, 0.05) is 12.2 Å². The summed E-state index contributed by atoms with van der Waals surface area (Å²) in [5, 5.41) is 11.7. The number of hydrogen-bond acceptors (Lipinski definition) is 3. The molecule has 2 N–H and O–H groups in total. The molecule has 7 heteroatoms. The van der Waals surface area contributed by atoms with E-state index in [9.17, 15) is 18.0 Å². The van der Waals surface area contributed by atoms with Crippen LogP contribution in [0.5, 0.6) is 5.75 Å². The lowest BCUT2D eigenvalue weighted by Gasteiger charge is -2.20. The van der Waals surface area contributed by atoms with Gasteiger partial charge in [0.25, 0.3) is 0 Å². The number of halogens is 3. The number of carbonyl (C=O) groups is 1. The van der Waals surface area contributed by atoms with Gasteiger partial charge in [-0.25, -0.2) is 0 Å². The minimum atomic E-state index is -4.72. The smallest absolute Gasteiger partial charge is 0.481 e. The van der Waals surface area contributed by atoms with Gasteiger partial charge in [-0.15, -0.1) is 13.2 Å². The molecule has 0 saturated heterocycles. The van der Waals surface area contributed by atoms with E-state index in [4.69, 9.17) is 5.11 Å². The van der Waals surface area contributed by atoms with Gasteiger partial charge in [0.15, 0.2) is 0 Å². The number of ether oxygens (including phenoxy) is 1. The monoisotopic (exact) mass is 277 g/mol. The predicted octanol–water partition coefficient (Wildman–Crippen LogP) is 3.11. The summed E-state index contributed by atoms with van der Waals surface area (Å²) in [7, 11) is 0. The molecule has 1 aromatic rings. The maximum absolute atomic E-state index is 11.9. The second-order valence-electron chi connectivity index (χ2n) is 4.61. The summed E-state index contributed by atoms with van der Waals surface area (Å²) in [4.78, 5) is 10.9. The van der Waals surface area contributed by atoms with Crippen molar-refractivity contribution in [3.8, 4) is 5.75 Å². The maximum Gasteiger partial charge on any atom is 0.573 e. The van der Waals surface area contributed by atoms with Crippen LogP contribution >= 0.6 is 0 Å². The molecule has 0 amide bonds. The van der Waals surface area contributed by atoms with Gasteiger partial charge in [-0.3, -0.25) is 4.79 Å². The van der Waals surface area contributed by atoms with Crippen molar-refractivity contribution in [2.75, 3.05) is 11.9 Å². The van der Waals surface area contributed by atoms with E-state index < -0.39 is 17.7 Å². The van der Waals surface area contributed by atoms with E-state index in [-0.39, 0.29) is 12.3 Å².